The van der Waals surface area contributed by atoms with E-state index in [4.69, 9.17) is 10.7 Å². The van der Waals surface area contributed by atoms with Gasteiger partial charge in [0.1, 0.15) is 5.75 Å². The van der Waals surface area contributed by atoms with Crippen molar-refractivity contribution in [3.8, 4) is 17.1 Å². The summed E-state index contributed by atoms with van der Waals surface area (Å²) in [5, 5.41) is 10.2. The maximum absolute atomic E-state index is 10.2. The van der Waals surface area contributed by atoms with Gasteiger partial charge in [0, 0.05) is 54.6 Å². The van der Waals surface area contributed by atoms with Crippen LogP contribution in [0.2, 0.25) is 0 Å². The van der Waals surface area contributed by atoms with Gasteiger partial charge in [-0.1, -0.05) is 18.2 Å². The van der Waals surface area contributed by atoms with Crippen molar-refractivity contribution in [2.75, 3.05) is 12.3 Å². The Labute approximate surface area is 153 Å². The van der Waals surface area contributed by atoms with Gasteiger partial charge in [0.2, 0.25) is 0 Å². The van der Waals surface area contributed by atoms with Gasteiger partial charge in [-0.25, -0.2) is 9.97 Å². The first-order valence-corrected chi connectivity index (χ1v) is 8.80. The molecule has 1 aliphatic rings. The fourth-order valence-corrected chi connectivity index (χ4v) is 3.37. The van der Waals surface area contributed by atoms with Gasteiger partial charge in [0.05, 0.1) is 5.69 Å². The summed E-state index contributed by atoms with van der Waals surface area (Å²) in [6.07, 6.45) is 2.81. The molecule has 3 N–H and O–H groups in total. The summed E-state index contributed by atoms with van der Waals surface area (Å²) in [4.78, 5) is 11.6. The first kappa shape index (κ1) is 16.5. The largest absolute Gasteiger partial charge is 0.507 e. The first-order valence-electron chi connectivity index (χ1n) is 8.80. The van der Waals surface area contributed by atoms with Crippen LogP contribution < -0.4 is 5.73 Å². The van der Waals surface area contributed by atoms with Crippen molar-refractivity contribution in [3.63, 3.8) is 0 Å². The number of anilines is 1. The summed E-state index contributed by atoms with van der Waals surface area (Å²) in [5.74, 6) is 1.14. The van der Waals surface area contributed by atoms with Gasteiger partial charge in [-0.15, -0.1) is 0 Å². The summed E-state index contributed by atoms with van der Waals surface area (Å²) in [6, 6.07) is 13.5. The minimum atomic E-state index is 0.397. The van der Waals surface area contributed by atoms with Gasteiger partial charge in [0.25, 0.3) is 0 Å². The topological polar surface area (TPSA) is 75.3 Å². The number of nitrogen functional groups attached to an aromatic ring is 1. The lowest BCUT2D eigenvalue weighted by atomic mass is 10.0. The molecule has 2 aromatic carbocycles. The summed E-state index contributed by atoms with van der Waals surface area (Å²) >= 11 is 0. The van der Waals surface area contributed by atoms with Gasteiger partial charge in [0.15, 0.2) is 5.82 Å². The molecule has 0 aliphatic carbocycles. The summed E-state index contributed by atoms with van der Waals surface area (Å²) < 4.78 is 0. The molecule has 0 fully saturated rings. The summed E-state index contributed by atoms with van der Waals surface area (Å²) in [6.45, 7) is 4.37. The fraction of sp³-hybridized carbons (Fsp3) is 0.238. The Morgan fingerprint density at radius 2 is 1.96 bits per heavy atom. The van der Waals surface area contributed by atoms with E-state index < -0.39 is 0 Å². The predicted molar refractivity (Wildman–Crippen MR) is 103 cm³/mol. The number of aromatic nitrogens is 2. The fourth-order valence-electron chi connectivity index (χ4n) is 3.37. The Morgan fingerprint density at radius 3 is 2.77 bits per heavy atom. The van der Waals surface area contributed by atoms with Crippen molar-refractivity contribution in [1.29, 1.82) is 0 Å². The highest BCUT2D eigenvalue weighted by Gasteiger charge is 2.20. The van der Waals surface area contributed by atoms with Crippen LogP contribution in [0.4, 0.5) is 5.69 Å². The van der Waals surface area contributed by atoms with Crippen molar-refractivity contribution in [2.24, 2.45) is 0 Å². The van der Waals surface area contributed by atoms with E-state index in [0.717, 1.165) is 65.5 Å². The standard InChI is InChI=1S/C21H22N4O/c1-14-3-2-4-16(20(14)26)12-25-10-9-19-17(13-25)11-23-21(24-19)15-5-7-18(22)8-6-15/h2-8,11,26H,9-10,12-13,22H2,1H3. The van der Waals surface area contributed by atoms with Crippen molar-refractivity contribution in [1.82, 2.24) is 14.9 Å². The van der Waals surface area contributed by atoms with Crippen molar-refractivity contribution < 1.29 is 5.11 Å². The Balaban J connectivity index is 1.52. The van der Waals surface area contributed by atoms with Crippen LogP contribution in [0.15, 0.2) is 48.7 Å². The maximum atomic E-state index is 10.2. The van der Waals surface area contributed by atoms with Crippen LogP contribution in [0.25, 0.3) is 11.4 Å². The van der Waals surface area contributed by atoms with Crippen molar-refractivity contribution in [3.05, 3.63) is 71.0 Å². The van der Waals surface area contributed by atoms with E-state index >= 15 is 0 Å². The molecule has 0 unspecified atom stereocenters. The van der Waals surface area contributed by atoms with E-state index in [1.807, 2.05) is 55.6 Å². The molecule has 0 saturated carbocycles. The Morgan fingerprint density at radius 1 is 1.15 bits per heavy atom. The van der Waals surface area contributed by atoms with Crippen molar-refractivity contribution >= 4 is 5.69 Å². The SMILES string of the molecule is Cc1cccc(CN2CCc3nc(-c4ccc(N)cc4)ncc3C2)c1O. The molecular formula is C21H22N4O. The van der Waals surface area contributed by atoms with Crippen LogP contribution >= 0.6 is 0 Å². The number of aromatic hydroxyl groups is 1. The normalized spacial score (nSPS) is 14.2. The molecule has 5 nitrogen and oxygen atoms in total. The molecular weight excluding hydrogens is 324 g/mol. The number of aryl methyl sites for hydroxylation is 1. The molecule has 26 heavy (non-hydrogen) atoms. The molecule has 0 spiro atoms. The van der Waals surface area contributed by atoms with Gasteiger partial charge in [-0.05, 0) is 36.8 Å². The zero-order valence-electron chi connectivity index (χ0n) is 14.8. The number of benzene rings is 2. The molecule has 1 aromatic heterocycles. The third-order valence-electron chi connectivity index (χ3n) is 4.90. The van der Waals surface area contributed by atoms with Gasteiger partial charge in [-0.3, -0.25) is 4.90 Å². The summed E-state index contributed by atoms with van der Waals surface area (Å²) in [5.41, 5.74) is 11.6. The van der Waals surface area contributed by atoms with Crippen LogP contribution in [-0.4, -0.2) is 26.5 Å². The first-order chi connectivity index (χ1) is 12.6. The molecule has 3 aromatic rings. The Hall–Kier alpha value is -2.92. The zero-order valence-corrected chi connectivity index (χ0v) is 14.8. The molecule has 0 atom stereocenters. The quantitative estimate of drug-likeness (QED) is 0.712. The number of rotatable bonds is 3. The average Bonchev–Trinajstić information content (AvgIpc) is 2.66. The second-order valence-electron chi connectivity index (χ2n) is 6.83. The monoisotopic (exact) mass is 346 g/mol. The lowest BCUT2D eigenvalue weighted by Gasteiger charge is -2.28. The second kappa shape index (κ2) is 6.77. The third-order valence-corrected chi connectivity index (χ3v) is 4.90. The molecule has 0 radical (unpaired) electrons. The van der Waals surface area contributed by atoms with Crippen LogP contribution in [-0.2, 0) is 19.5 Å². The van der Waals surface area contributed by atoms with E-state index in [2.05, 4.69) is 9.88 Å². The molecule has 0 saturated heterocycles. The molecule has 0 bridgehead atoms. The van der Waals surface area contributed by atoms with E-state index in [-0.39, 0.29) is 0 Å². The number of nitrogens with two attached hydrogens (primary N) is 1. The maximum Gasteiger partial charge on any atom is 0.159 e. The van der Waals surface area contributed by atoms with Crippen LogP contribution in [0, 0.1) is 6.92 Å². The Bertz CT molecular complexity index is 937. The van der Waals surface area contributed by atoms with E-state index in [1.54, 1.807) is 0 Å². The highest BCUT2D eigenvalue weighted by Crippen LogP contribution is 2.26. The van der Waals surface area contributed by atoms with E-state index in [9.17, 15) is 5.11 Å². The zero-order chi connectivity index (χ0) is 18.1. The van der Waals surface area contributed by atoms with Crippen LogP contribution in [0.3, 0.4) is 0 Å². The number of hydrogen-bond donors (Lipinski definition) is 2. The molecule has 132 valence electrons. The second-order valence-corrected chi connectivity index (χ2v) is 6.83. The third kappa shape index (κ3) is 3.26. The molecule has 1 aliphatic heterocycles. The minimum absolute atomic E-state index is 0.397. The molecule has 2 heterocycles. The highest BCUT2D eigenvalue weighted by atomic mass is 16.3. The number of nitrogens with zero attached hydrogens (tertiary/aromatic N) is 3. The number of para-hydroxylation sites is 1. The van der Waals surface area contributed by atoms with Gasteiger partial charge >= 0.3 is 0 Å². The van der Waals surface area contributed by atoms with Gasteiger partial charge < -0.3 is 10.8 Å². The number of fused-ring (bicyclic) bond motifs is 1. The predicted octanol–water partition coefficient (Wildman–Crippen LogP) is 3.30. The number of phenols is 1. The highest BCUT2D eigenvalue weighted by molar-refractivity contribution is 5.58. The lowest BCUT2D eigenvalue weighted by molar-refractivity contribution is 0.239. The molecule has 4 rings (SSSR count). The Kier molecular flexibility index (Phi) is 4.31. The number of hydrogen-bond acceptors (Lipinski definition) is 5. The molecule has 5 heteroatoms. The van der Waals surface area contributed by atoms with Crippen molar-refractivity contribution in [2.45, 2.75) is 26.4 Å². The minimum Gasteiger partial charge on any atom is -0.507 e. The smallest absolute Gasteiger partial charge is 0.159 e. The van der Waals surface area contributed by atoms with Gasteiger partial charge in [-0.2, -0.15) is 0 Å². The van der Waals surface area contributed by atoms with E-state index in [1.165, 1.54) is 0 Å². The summed E-state index contributed by atoms with van der Waals surface area (Å²) in [7, 11) is 0. The lowest BCUT2D eigenvalue weighted by Crippen LogP contribution is -2.31. The number of phenolic OH excluding ortho intramolecular Hbond substituents is 1. The van der Waals surface area contributed by atoms with Crippen LogP contribution in [0.1, 0.15) is 22.4 Å². The van der Waals surface area contributed by atoms with Crippen LogP contribution in [0.5, 0.6) is 5.75 Å². The molecule has 0 amide bonds. The van der Waals surface area contributed by atoms with E-state index in [0.29, 0.717) is 5.75 Å². The average molecular weight is 346 g/mol.